The highest BCUT2D eigenvalue weighted by molar-refractivity contribution is 8.02. The largest absolute Gasteiger partial charge is 0.469 e. The highest BCUT2D eigenvalue weighted by Gasteiger charge is 2.08. The van der Waals surface area contributed by atoms with Crippen molar-refractivity contribution in [2.75, 3.05) is 20.0 Å². The molecule has 4 nitrogen and oxygen atoms in total. The van der Waals surface area contributed by atoms with Crippen molar-refractivity contribution in [1.29, 1.82) is 0 Å². The maximum Gasteiger partial charge on any atom is 0.338 e. The summed E-state index contributed by atoms with van der Waals surface area (Å²) in [4.78, 5) is 22.4. The Balaban J connectivity index is 2.57. The molecule has 0 unspecified atom stereocenters. The van der Waals surface area contributed by atoms with Crippen LogP contribution in [0, 0.1) is 0 Å². The number of rotatable bonds is 6. The molecular formula is C14H16O4S. The number of methoxy groups -OCH3 is 2. The van der Waals surface area contributed by atoms with Gasteiger partial charge in [-0.25, -0.2) is 4.79 Å². The van der Waals surface area contributed by atoms with Gasteiger partial charge in [0.1, 0.15) is 0 Å². The number of esters is 2. The first-order valence-electron chi connectivity index (χ1n) is 5.71. The van der Waals surface area contributed by atoms with Gasteiger partial charge < -0.3 is 9.47 Å². The first kappa shape index (κ1) is 15.3. The minimum absolute atomic E-state index is 0.226. The van der Waals surface area contributed by atoms with Gasteiger partial charge in [-0.05, 0) is 23.1 Å². The number of thioether (sulfide) groups is 1. The van der Waals surface area contributed by atoms with E-state index in [1.807, 2.05) is 23.6 Å². The van der Waals surface area contributed by atoms with Crippen molar-refractivity contribution in [3.8, 4) is 0 Å². The Morgan fingerprint density at radius 2 is 1.95 bits per heavy atom. The molecule has 0 saturated carbocycles. The van der Waals surface area contributed by atoms with Crippen molar-refractivity contribution < 1.29 is 19.1 Å². The van der Waals surface area contributed by atoms with Gasteiger partial charge in [-0.1, -0.05) is 18.2 Å². The molecule has 0 heterocycles. The zero-order chi connectivity index (χ0) is 14.1. The van der Waals surface area contributed by atoms with Crippen molar-refractivity contribution in [3.63, 3.8) is 0 Å². The third kappa shape index (κ3) is 5.18. The van der Waals surface area contributed by atoms with Crippen LogP contribution in [0.1, 0.15) is 22.3 Å². The Morgan fingerprint density at radius 1 is 1.21 bits per heavy atom. The summed E-state index contributed by atoms with van der Waals surface area (Å²) in [7, 11) is 2.73. The lowest BCUT2D eigenvalue weighted by atomic mass is 10.1. The Morgan fingerprint density at radius 3 is 2.63 bits per heavy atom. The molecule has 0 spiro atoms. The van der Waals surface area contributed by atoms with Gasteiger partial charge in [0.15, 0.2) is 0 Å². The summed E-state index contributed by atoms with van der Waals surface area (Å²) in [6, 6.07) is 7.19. The molecule has 0 N–H and O–H groups in total. The van der Waals surface area contributed by atoms with Gasteiger partial charge in [-0.2, -0.15) is 0 Å². The van der Waals surface area contributed by atoms with Crippen LogP contribution in [0.4, 0.5) is 0 Å². The lowest BCUT2D eigenvalue weighted by molar-refractivity contribution is -0.140. The standard InChI is InChI=1S/C14H16O4S/c1-17-13(15)8-10-19-9-7-11-5-3-4-6-12(11)14(16)18-2/h3-7,9H,8,10H2,1-2H3/b9-7+. The number of hydrogen-bond acceptors (Lipinski definition) is 5. The Bertz CT molecular complexity index is 468. The van der Waals surface area contributed by atoms with Gasteiger partial charge >= 0.3 is 11.9 Å². The van der Waals surface area contributed by atoms with E-state index in [1.54, 1.807) is 12.1 Å². The molecule has 1 aromatic rings. The summed E-state index contributed by atoms with van der Waals surface area (Å²) in [5, 5.41) is 1.85. The summed E-state index contributed by atoms with van der Waals surface area (Å²) in [5.74, 6) is 0.0551. The minimum atomic E-state index is -0.361. The van der Waals surface area contributed by atoms with E-state index in [0.29, 0.717) is 17.7 Å². The summed E-state index contributed by atoms with van der Waals surface area (Å²) < 4.78 is 9.25. The van der Waals surface area contributed by atoms with Crippen LogP contribution >= 0.6 is 11.8 Å². The van der Waals surface area contributed by atoms with E-state index in [0.717, 1.165) is 5.56 Å². The van der Waals surface area contributed by atoms with E-state index in [9.17, 15) is 9.59 Å². The molecule has 5 heteroatoms. The predicted octanol–water partition coefficient (Wildman–Crippen LogP) is 2.74. The number of hydrogen-bond donors (Lipinski definition) is 0. The van der Waals surface area contributed by atoms with Crippen molar-refractivity contribution in [1.82, 2.24) is 0 Å². The Hall–Kier alpha value is -1.75. The first-order valence-corrected chi connectivity index (χ1v) is 6.76. The van der Waals surface area contributed by atoms with Gasteiger partial charge in [-0.15, -0.1) is 11.8 Å². The molecule has 0 fully saturated rings. The van der Waals surface area contributed by atoms with Crippen LogP contribution in [0.15, 0.2) is 29.7 Å². The van der Waals surface area contributed by atoms with E-state index >= 15 is 0 Å². The van der Waals surface area contributed by atoms with E-state index < -0.39 is 0 Å². The van der Waals surface area contributed by atoms with Crippen molar-refractivity contribution in [2.45, 2.75) is 6.42 Å². The minimum Gasteiger partial charge on any atom is -0.469 e. The van der Waals surface area contributed by atoms with Crippen LogP contribution in [-0.2, 0) is 14.3 Å². The highest BCUT2D eigenvalue weighted by Crippen LogP contribution is 2.15. The average molecular weight is 280 g/mol. The fraction of sp³-hybridized carbons (Fsp3) is 0.286. The van der Waals surface area contributed by atoms with Gasteiger partial charge in [0.2, 0.25) is 0 Å². The molecule has 0 radical (unpaired) electrons. The van der Waals surface area contributed by atoms with Crippen LogP contribution < -0.4 is 0 Å². The second kappa shape index (κ2) is 8.37. The summed E-state index contributed by atoms with van der Waals surface area (Å²) >= 11 is 1.49. The zero-order valence-electron chi connectivity index (χ0n) is 10.9. The van der Waals surface area contributed by atoms with Gasteiger partial charge in [0, 0.05) is 5.75 Å². The van der Waals surface area contributed by atoms with Gasteiger partial charge in [-0.3, -0.25) is 4.79 Å². The molecule has 0 aliphatic heterocycles. The molecule has 0 aliphatic rings. The van der Waals surface area contributed by atoms with Crippen LogP contribution in [0.5, 0.6) is 0 Å². The van der Waals surface area contributed by atoms with Crippen LogP contribution in [-0.4, -0.2) is 31.9 Å². The molecule has 0 saturated heterocycles. The quantitative estimate of drug-likeness (QED) is 0.592. The van der Waals surface area contributed by atoms with Crippen molar-refractivity contribution >= 4 is 29.8 Å². The molecule has 0 aromatic heterocycles. The third-order valence-corrected chi connectivity index (χ3v) is 3.13. The molecule has 19 heavy (non-hydrogen) atoms. The smallest absolute Gasteiger partial charge is 0.338 e. The van der Waals surface area contributed by atoms with Crippen LogP contribution in [0.2, 0.25) is 0 Å². The van der Waals surface area contributed by atoms with Gasteiger partial charge in [0.25, 0.3) is 0 Å². The van der Waals surface area contributed by atoms with Crippen LogP contribution in [0.3, 0.4) is 0 Å². The van der Waals surface area contributed by atoms with E-state index in [2.05, 4.69) is 4.74 Å². The fourth-order valence-electron chi connectivity index (χ4n) is 1.37. The molecular weight excluding hydrogens is 264 g/mol. The maximum absolute atomic E-state index is 11.5. The highest BCUT2D eigenvalue weighted by atomic mass is 32.2. The summed E-state index contributed by atoms with van der Waals surface area (Å²) in [6.45, 7) is 0. The lowest BCUT2D eigenvalue weighted by Crippen LogP contribution is -2.03. The molecule has 1 rings (SSSR count). The Kier molecular flexibility index (Phi) is 6.74. The predicted molar refractivity (Wildman–Crippen MR) is 75.9 cm³/mol. The van der Waals surface area contributed by atoms with E-state index in [1.165, 1.54) is 26.0 Å². The SMILES string of the molecule is COC(=O)CCS/C=C/c1ccccc1C(=O)OC. The second-order valence-electron chi connectivity index (χ2n) is 3.58. The molecule has 1 aromatic carbocycles. The van der Waals surface area contributed by atoms with Crippen molar-refractivity contribution in [2.24, 2.45) is 0 Å². The van der Waals surface area contributed by atoms with Crippen molar-refractivity contribution in [3.05, 3.63) is 40.8 Å². The third-order valence-electron chi connectivity index (χ3n) is 2.36. The monoisotopic (exact) mass is 280 g/mol. The molecule has 0 atom stereocenters. The fourth-order valence-corrected chi connectivity index (χ4v) is 2.04. The topological polar surface area (TPSA) is 52.6 Å². The second-order valence-corrected chi connectivity index (χ2v) is 4.59. The van der Waals surface area contributed by atoms with Crippen LogP contribution in [0.25, 0.3) is 6.08 Å². The molecule has 102 valence electrons. The molecule has 0 aliphatic carbocycles. The molecule has 0 bridgehead atoms. The zero-order valence-corrected chi connectivity index (χ0v) is 11.7. The van der Waals surface area contributed by atoms with E-state index in [-0.39, 0.29) is 11.9 Å². The number of carbonyl (C=O) groups excluding carboxylic acids is 2. The number of ether oxygens (including phenoxy) is 2. The average Bonchev–Trinajstić information content (AvgIpc) is 2.46. The lowest BCUT2D eigenvalue weighted by Gasteiger charge is -2.03. The number of carbonyl (C=O) groups is 2. The van der Waals surface area contributed by atoms with E-state index in [4.69, 9.17) is 4.74 Å². The summed E-state index contributed by atoms with van der Waals surface area (Å²) in [6.07, 6.45) is 2.19. The Labute approximate surface area is 116 Å². The normalized spacial score (nSPS) is 10.4. The summed E-state index contributed by atoms with van der Waals surface area (Å²) in [5.41, 5.74) is 1.31. The maximum atomic E-state index is 11.5. The number of benzene rings is 1. The first-order chi connectivity index (χ1) is 9.19. The van der Waals surface area contributed by atoms with Gasteiger partial charge in [0.05, 0.1) is 26.2 Å². The molecule has 0 amide bonds.